The van der Waals surface area contributed by atoms with Gasteiger partial charge in [0.05, 0.1) is 0 Å². The Bertz CT molecular complexity index is 287. The molecule has 3 heteroatoms. The van der Waals surface area contributed by atoms with Gasteiger partial charge in [-0.1, -0.05) is 38.3 Å². The van der Waals surface area contributed by atoms with Crippen LogP contribution in [0.1, 0.15) is 69.5 Å². The standard InChI is InChI=1S/C11H18N2O/c1-8(2)10-12-11(14-13-10)9-6-4-3-5-7-9/h8-9H,3-7H2,1-2H3. The first-order valence-electron chi connectivity index (χ1n) is 5.61. The Morgan fingerprint density at radius 3 is 2.50 bits per heavy atom. The molecule has 0 spiro atoms. The second-order valence-electron chi connectivity index (χ2n) is 4.48. The molecule has 1 aromatic heterocycles. The molecule has 1 aliphatic carbocycles. The van der Waals surface area contributed by atoms with Gasteiger partial charge < -0.3 is 4.52 Å². The van der Waals surface area contributed by atoms with Crippen LogP contribution in [0.4, 0.5) is 0 Å². The maximum absolute atomic E-state index is 5.30. The maximum Gasteiger partial charge on any atom is 0.229 e. The lowest BCUT2D eigenvalue weighted by molar-refractivity contribution is 0.311. The molecule has 1 saturated carbocycles. The summed E-state index contributed by atoms with van der Waals surface area (Å²) in [5.74, 6) is 2.62. The molecule has 1 heterocycles. The summed E-state index contributed by atoms with van der Waals surface area (Å²) in [6, 6.07) is 0. The van der Waals surface area contributed by atoms with E-state index in [4.69, 9.17) is 4.52 Å². The van der Waals surface area contributed by atoms with Crippen LogP contribution in [0.3, 0.4) is 0 Å². The zero-order valence-electron chi connectivity index (χ0n) is 8.99. The molecule has 0 aliphatic heterocycles. The van der Waals surface area contributed by atoms with Crippen LogP contribution >= 0.6 is 0 Å². The van der Waals surface area contributed by atoms with E-state index in [1.54, 1.807) is 0 Å². The molecular weight excluding hydrogens is 176 g/mol. The fourth-order valence-corrected chi connectivity index (χ4v) is 2.00. The topological polar surface area (TPSA) is 38.9 Å². The van der Waals surface area contributed by atoms with Crippen molar-refractivity contribution in [2.75, 3.05) is 0 Å². The molecule has 0 radical (unpaired) electrons. The van der Waals surface area contributed by atoms with Crippen LogP contribution < -0.4 is 0 Å². The fraction of sp³-hybridized carbons (Fsp3) is 0.818. The van der Waals surface area contributed by atoms with E-state index in [2.05, 4.69) is 24.0 Å². The zero-order valence-corrected chi connectivity index (χ0v) is 8.99. The molecule has 0 saturated heterocycles. The van der Waals surface area contributed by atoms with Crippen LogP contribution in [0, 0.1) is 0 Å². The summed E-state index contributed by atoms with van der Waals surface area (Å²) in [7, 11) is 0. The van der Waals surface area contributed by atoms with Gasteiger partial charge in [0.2, 0.25) is 5.89 Å². The Balaban J connectivity index is 2.07. The molecule has 3 nitrogen and oxygen atoms in total. The van der Waals surface area contributed by atoms with Gasteiger partial charge >= 0.3 is 0 Å². The van der Waals surface area contributed by atoms with Gasteiger partial charge in [0, 0.05) is 11.8 Å². The number of hydrogen-bond acceptors (Lipinski definition) is 3. The van der Waals surface area contributed by atoms with Crippen LogP contribution in [0.25, 0.3) is 0 Å². The van der Waals surface area contributed by atoms with Gasteiger partial charge in [-0.2, -0.15) is 4.98 Å². The summed E-state index contributed by atoms with van der Waals surface area (Å²) >= 11 is 0. The molecule has 1 fully saturated rings. The van der Waals surface area contributed by atoms with Crippen molar-refractivity contribution in [3.8, 4) is 0 Å². The van der Waals surface area contributed by atoms with Gasteiger partial charge in [-0.15, -0.1) is 0 Å². The Hall–Kier alpha value is -0.860. The smallest absolute Gasteiger partial charge is 0.229 e. The van der Waals surface area contributed by atoms with Gasteiger partial charge in [0.15, 0.2) is 5.82 Å². The Morgan fingerprint density at radius 2 is 1.93 bits per heavy atom. The van der Waals surface area contributed by atoms with E-state index in [1.165, 1.54) is 32.1 Å². The summed E-state index contributed by atoms with van der Waals surface area (Å²) in [5, 5.41) is 4.00. The Morgan fingerprint density at radius 1 is 1.21 bits per heavy atom. The van der Waals surface area contributed by atoms with Gasteiger partial charge in [0.25, 0.3) is 0 Å². The van der Waals surface area contributed by atoms with E-state index in [9.17, 15) is 0 Å². The van der Waals surface area contributed by atoms with Crippen LogP contribution in [0.5, 0.6) is 0 Å². The maximum atomic E-state index is 5.30. The van der Waals surface area contributed by atoms with Crippen molar-refractivity contribution in [1.29, 1.82) is 0 Å². The molecule has 1 aromatic rings. The number of nitrogens with zero attached hydrogens (tertiary/aromatic N) is 2. The molecule has 1 aliphatic rings. The van der Waals surface area contributed by atoms with E-state index < -0.39 is 0 Å². The fourth-order valence-electron chi connectivity index (χ4n) is 2.00. The third-order valence-corrected chi connectivity index (χ3v) is 2.93. The highest BCUT2D eigenvalue weighted by molar-refractivity contribution is 4.97. The third-order valence-electron chi connectivity index (χ3n) is 2.93. The largest absolute Gasteiger partial charge is 0.339 e. The van der Waals surface area contributed by atoms with Gasteiger partial charge in [-0.05, 0) is 12.8 Å². The van der Waals surface area contributed by atoms with Crippen molar-refractivity contribution < 1.29 is 4.52 Å². The second-order valence-corrected chi connectivity index (χ2v) is 4.48. The predicted octanol–water partition coefficient (Wildman–Crippen LogP) is 3.24. The molecule has 0 N–H and O–H groups in total. The summed E-state index contributed by atoms with van der Waals surface area (Å²) in [6.07, 6.45) is 6.43. The van der Waals surface area contributed by atoms with Crippen molar-refractivity contribution >= 4 is 0 Å². The van der Waals surface area contributed by atoms with Crippen LogP contribution in [-0.2, 0) is 0 Å². The van der Waals surface area contributed by atoms with Gasteiger partial charge in [-0.3, -0.25) is 0 Å². The highest BCUT2D eigenvalue weighted by Crippen LogP contribution is 2.31. The lowest BCUT2D eigenvalue weighted by Crippen LogP contribution is -2.05. The lowest BCUT2D eigenvalue weighted by atomic mass is 9.89. The number of rotatable bonds is 2. The van der Waals surface area contributed by atoms with Crippen molar-refractivity contribution in [3.63, 3.8) is 0 Å². The van der Waals surface area contributed by atoms with Gasteiger partial charge in [-0.25, -0.2) is 0 Å². The monoisotopic (exact) mass is 194 g/mol. The summed E-state index contributed by atoms with van der Waals surface area (Å²) in [4.78, 5) is 4.46. The highest BCUT2D eigenvalue weighted by Gasteiger charge is 2.21. The lowest BCUT2D eigenvalue weighted by Gasteiger charge is -2.17. The summed E-state index contributed by atoms with van der Waals surface area (Å²) < 4.78 is 5.30. The Kier molecular flexibility index (Phi) is 2.85. The van der Waals surface area contributed by atoms with Crippen LogP contribution in [0.2, 0.25) is 0 Å². The second kappa shape index (κ2) is 4.11. The van der Waals surface area contributed by atoms with Crippen molar-refractivity contribution in [3.05, 3.63) is 11.7 Å². The van der Waals surface area contributed by atoms with E-state index in [1.807, 2.05) is 0 Å². The molecule has 0 bridgehead atoms. The van der Waals surface area contributed by atoms with Crippen LogP contribution in [-0.4, -0.2) is 10.1 Å². The van der Waals surface area contributed by atoms with Crippen molar-refractivity contribution in [2.45, 2.75) is 57.8 Å². The molecular formula is C11H18N2O. The minimum atomic E-state index is 0.371. The SMILES string of the molecule is CC(C)c1noc(C2CCCCC2)n1. The Labute approximate surface area is 84.9 Å². The molecule has 0 atom stereocenters. The predicted molar refractivity (Wildman–Crippen MR) is 54.2 cm³/mol. The van der Waals surface area contributed by atoms with E-state index >= 15 is 0 Å². The van der Waals surface area contributed by atoms with Crippen LogP contribution in [0.15, 0.2) is 4.52 Å². The molecule has 0 unspecified atom stereocenters. The van der Waals surface area contributed by atoms with E-state index in [0.717, 1.165) is 11.7 Å². The number of aromatic nitrogens is 2. The molecule has 2 rings (SSSR count). The molecule has 0 amide bonds. The molecule has 0 aromatic carbocycles. The summed E-state index contributed by atoms with van der Waals surface area (Å²) in [5.41, 5.74) is 0. The quantitative estimate of drug-likeness (QED) is 0.725. The normalized spacial score (nSPS) is 19.1. The first kappa shape index (κ1) is 9.69. The van der Waals surface area contributed by atoms with E-state index in [0.29, 0.717) is 11.8 Å². The van der Waals surface area contributed by atoms with Gasteiger partial charge in [0.1, 0.15) is 0 Å². The third kappa shape index (κ3) is 1.97. The zero-order chi connectivity index (χ0) is 9.97. The first-order chi connectivity index (χ1) is 6.77. The number of hydrogen-bond donors (Lipinski definition) is 0. The summed E-state index contributed by atoms with van der Waals surface area (Å²) in [6.45, 7) is 4.19. The van der Waals surface area contributed by atoms with E-state index in [-0.39, 0.29) is 0 Å². The first-order valence-corrected chi connectivity index (χ1v) is 5.61. The molecule has 78 valence electrons. The minimum absolute atomic E-state index is 0.371. The van der Waals surface area contributed by atoms with Crippen molar-refractivity contribution in [1.82, 2.24) is 10.1 Å². The minimum Gasteiger partial charge on any atom is -0.339 e. The average molecular weight is 194 g/mol. The van der Waals surface area contributed by atoms with Crippen molar-refractivity contribution in [2.24, 2.45) is 0 Å². The average Bonchev–Trinajstić information content (AvgIpc) is 2.68. The highest BCUT2D eigenvalue weighted by atomic mass is 16.5. The molecule has 14 heavy (non-hydrogen) atoms.